The van der Waals surface area contributed by atoms with E-state index in [1.165, 1.54) is 0 Å². The molecular formula is C20H25NO4. The zero-order valence-corrected chi connectivity index (χ0v) is 15.3. The molecule has 0 aliphatic carbocycles. The fourth-order valence-corrected chi connectivity index (χ4v) is 3.01. The van der Waals surface area contributed by atoms with E-state index in [0.29, 0.717) is 23.2 Å². The molecule has 0 saturated carbocycles. The number of hydrogen-bond donors (Lipinski definition) is 0. The molecule has 0 saturated heterocycles. The number of fused-ring (bicyclic) bond motifs is 1. The van der Waals surface area contributed by atoms with Gasteiger partial charge in [0.05, 0.1) is 0 Å². The molecule has 3 rings (SSSR count). The molecule has 5 nitrogen and oxygen atoms in total. The molecular weight excluding hydrogens is 318 g/mol. The minimum atomic E-state index is -0.0124. The molecule has 0 unspecified atom stereocenters. The van der Waals surface area contributed by atoms with Crippen molar-refractivity contribution in [1.29, 1.82) is 0 Å². The number of hydrogen-bond acceptors (Lipinski definition) is 4. The summed E-state index contributed by atoms with van der Waals surface area (Å²) in [5, 5.41) is 0. The molecule has 0 amide bonds. The topological polar surface area (TPSA) is 49.7 Å². The maximum absolute atomic E-state index is 12.6. The maximum atomic E-state index is 12.6. The van der Waals surface area contributed by atoms with Crippen LogP contribution in [0, 0.1) is 19.8 Å². The van der Waals surface area contributed by atoms with E-state index in [-0.39, 0.29) is 19.2 Å². The lowest BCUT2D eigenvalue weighted by Gasteiger charge is -2.11. The van der Waals surface area contributed by atoms with Gasteiger partial charge in [-0.05, 0) is 44.4 Å². The molecule has 0 spiro atoms. The van der Waals surface area contributed by atoms with Crippen molar-refractivity contribution in [2.45, 2.75) is 40.7 Å². The summed E-state index contributed by atoms with van der Waals surface area (Å²) in [6.45, 7) is 9.63. The minimum absolute atomic E-state index is 0.00805. The largest absolute Gasteiger partial charge is 0.485 e. The molecule has 0 fully saturated rings. The maximum Gasteiger partial charge on any atom is 0.231 e. The Morgan fingerprint density at radius 3 is 2.72 bits per heavy atom. The first-order valence-corrected chi connectivity index (χ1v) is 8.68. The van der Waals surface area contributed by atoms with Crippen LogP contribution < -0.4 is 14.2 Å². The summed E-state index contributed by atoms with van der Waals surface area (Å²) in [5.74, 6) is 2.58. The highest BCUT2D eigenvalue weighted by Crippen LogP contribution is 2.35. The quantitative estimate of drug-likeness (QED) is 0.709. The second-order valence-corrected chi connectivity index (χ2v) is 6.85. The Bertz CT molecular complexity index is 776. The van der Waals surface area contributed by atoms with Gasteiger partial charge in [0.15, 0.2) is 18.1 Å². The van der Waals surface area contributed by atoms with Crippen LogP contribution >= 0.6 is 0 Å². The lowest BCUT2D eigenvalue weighted by atomic mass is 10.1. The van der Waals surface area contributed by atoms with E-state index in [9.17, 15) is 4.79 Å². The Kier molecular flexibility index (Phi) is 5.02. The minimum Gasteiger partial charge on any atom is -0.485 e. The Morgan fingerprint density at radius 1 is 1.20 bits per heavy atom. The SMILES string of the molecule is Cc1cc(C(=O)COc2ccc3c(c2)OCO3)c(C)n1CCC(C)C. The molecule has 2 aromatic rings. The van der Waals surface area contributed by atoms with Gasteiger partial charge in [-0.25, -0.2) is 0 Å². The van der Waals surface area contributed by atoms with Gasteiger partial charge in [0, 0.05) is 29.6 Å². The molecule has 0 atom stereocenters. The molecule has 5 heteroatoms. The zero-order chi connectivity index (χ0) is 18.0. The fourth-order valence-electron chi connectivity index (χ4n) is 3.01. The Balaban J connectivity index is 1.66. The van der Waals surface area contributed by atoms with Gasteiger partial charge >= 0.3 is 0 Å². The van der Waals surface area contributed by atoms with Crippen LogP contribution in [0.2, 0.25) is 0 Å². The molecule has 1 aliphatic rings. The summed E-state index contributed by atoms with van der Waals surface area (Å²) in [6, 6.07) is 7.29. The molecule has 0 N–H and O–H groups in total. The second-order valence-electron chi connectivity index (χ2n) is 6.85. The van der Waals surface area contributed by atoms with Crippen LogP contribution in [-0.4, -0.2) is 23.8 Å². The number of Topliss-reactive ketones (excluding diaryl/α,β-unsaturated/α-hetero) is 1. The van der Waals surface area contributed by atoms with Crippen LogP contribution in [0.1, 0.15) is 42.0 Å². The standard InChI is InChI=1S/C20H25NO4/c1-13(2)7-8-21-14(3)9-17(15(21)4)18(22)11-23-16-5-6-19-20(10-16)25-12-24-19/h5-6,9-10,13H,7-8,11-12H2,1-4H3. The number of benzene rings is 1. The highest BCUT2D eigenvalue weighted by Gasteiger charge is 2.18. The monoisotopic (exact) mass is 343 g/mol. The van der Waals surface area contributed by atoms with Crippen molar-refractivity contribution in [3.63, 3.8) is 0 Å². The molecule has 0 bridgehead atoms. The molecule has 2 heterocycles. The summed E-state index contributed by atoms with van der Waals surface area (Å²) in [5.41, 5.74) is 2.86. The average Bonchev–Trinajstić information content (AvgIpc) is 3.15. The summed E-state index contributed by atoms with van der Waals surface area (Å²) in [7, 11) is 0. The Labute approximate surface area is 148 Å². The van der Waals surface area contributed by atoms with Gasteiger partial charge in [0.25, 0.3) is 0 Å². The second kappa shape index (κ2) is 7.21. The first kappa shape index (κ1) is 17.4. The normalized spacial score (nSPS) is 12.7. The molecule has 1 aliphatic heterocycles. The van der Waals surface area contributed by atoms with Crippen LogP contribution in [0.25, 0.3) is 0 Å². The molecule has 1 aromatic heterocycles. The van der Waals surface area contributed by atoms with Crippen molar-refractivity contribution < 1.29 is 19.0 Å². The third-order valence-electron chi connectivity index (χ3n) is 4.52. The van der Waals surface area contributed by atoms with E-state index in [2.05, 4.69) is 18.4 Å². The van der Waals surface area contributed by atoms with E-state index in [1.54, 1.807) is 18.2 Å². The van der Waals surface area contributed by atoms with Gasteiger partial charge in [-0.1, -0.05) is 13.8 Å². The number of aromatic nitrogens is 1. The van der Waals surface area contributed by atoms with Crippen LogP contribution in [-0.2, 0) is 6.54 Å². The fraction of sp³-hybridized carbons (Fsp3) is 0.450. The van der Waals surface area contributed by atoms with Gasteiger partial charge < -0.3 is 18.8 Å². The summed E-state index contributed by atoms with van der Waals surface area (Å²) in [4.78, 5) is 12.6. The number of nitrogens with zero attached hydrogens (tertiary/aromatic N) is 1. The average molecular weight is 343 g/mol. The van der Waals surface area contributed by atoms with Gasteiger partial charge in [0.2, 0.25) is 12.6 Å². The van der Waals surface area contributed by atoms with Crippen molar-refractivity contribution in [2.24, 2.45) is 5.92 Å². The molecule has 25 heavy (non-hydrogen) atoms. The van der Waals surface area contributed by atoms with Crippen LogP contribution in [0.3, 0.4) is 0 Å². The smallest absolute Gasteiger partial charge is 0.231 e. The van der Waals surface area contributed by atoms with Crippen molar-refractivity contribution in [1.82, 2.24) is 4.57 Å². The van der Waals surface area contributed by atoms with Gasteiger partial charge in [-0.2, -0.15) is 0 Å². The molecule has 0 radical (unpaired) electrons. The lowest BCUT2D eigenvalue weighted by Crippen LogP contribution is -2.13. The third-order valence-corrected chi connectivity index (χ3v) is 4.52. The van der Waals surface area contributed by atoms with Crippen molar-refractivity contribution >= 4 is 5.78 Å². The number of rotatable bonds is 7. The number of carbonyl (C=O) groups excluding carboxylic acids is 1. The summed E-state index contributed by atoms with van der Waals surface area (Å²) in [6.07, 6.45) is 1.09. The Morgan fingerprint density at radius 2 is 1.96 bits per heavy atom. The summed E-state index contributed by atoms with van der Waals surface area (Å²) < 4.78 is 18.5. The molecule has 134 valence electrons. The highest BCUT2D eigenvalue weighted by molar-refractivity contribution is 5.98. The van der Waals surface area contributed by atoms with E-state index in [4.69, 9.17) is 14.2 Å². The van der Waals surface area contributed by atoms with E-state index in [0.717, 1.165) is 29.9 Å². The van der Waals surface area contributed by atoms with Crippen LogP contribution in [0.4, 0.5) is 0 Å². The van der Waals surface area contributed by atoms with Crippen LogP contribution in [0.15, 0.2) is 24.3 Å². The number of ketones is 1. The van der Waals surface area contributed by atoms with Gasteiger partial charge in [-0.3, -0.25) is 4.79 Å². The predicted molar refractivity (Wildman–Crippen MR) is 95.8 cm³/mol. The molecule has 1 aromatic carbocycles. The van der Waals surface area contributed by atoms with E-state index >= 15 is 0 Å². The third kappa shape index (κ3) is 3.81. The highest BCUT2D eigenvalue weighted by atomic mass is 16.7. The van der Waals surface area contributed by atoms with Crippen LogP contribution in [0.5, 0.6) is 17.2 Å². The van der Waals surface area contributed by atoms with Crippen molar-refractivity contribution in [3.05, 3.63) is 41.2 Å². The van der Waals surface area contributed by atoms with E-state index < -0.39 is 0 Å². The number of aryl methyl sites for hydroxylation is 1. The van der Waals surface area contributed by atoms with Gasteiger partial charge in [0.1, 0.15) is 5.75 Å². The Hall–Kier alpha value is -2.43. The number of carbonyl (C=O) groups is 1. The van der Waals surface area contributed by atoms with Gasteiger partial charge in [-0.15, -0.1) is 0 Å². The van der Waals surface area contributed by atoms with Crippen molar-refractivity contribution in [2.75, 3.05) is 13.4 Å². The lowest BCUT2D eigenvalue weighted by molar-refractivity contribution is 0.0920. The zero-order valence-electron chi connectivity index (χ0n) is 15.3. The first-order valence-electron chi connectivity index (χ1n) is 8.68. The first-order chi connectivity index (χ1) is 12.0. The summed E-state index contributed by atoms with van der Waals surface area (Å²) >= 11 is 0. The van der Waals surface area contributed by atoms with Crippen molar-refractivity contribution in [3.8, 4) is 17.2 Å². The predicted octanol–water partition coefficient (Wildman–Crippen LogP) is 4.14. The van der Waals surface area contributed by atoms with E-state index in [1.807, 2.05) is 19.9 Å². The number of ether oxygens (including phenoxy) is 3.